The molecule has 0 spiro atoms. The Morgan fingerprint density at radius 1 is 0.964 bits per heavy atom. The molecule has 0 unspecified atom stereocenters. The monoisotopic (exact) mass is 437 g/mol. The van der Waals surface area contributed by atoms with E-state index >= 15 is 0 Å². The number of nitrogens with two attached hydrogens (primary N) is 1. The maximum Gasteiger partial charge on any atom is 0.405 e. The third-order valence-corrected chi connectivity index (χ3v) is 5.56. The lowest BCUT2D eigenvalue weighted by molar-refractivity contribution is -0.123. The Bertz CT molecular complexity index is 1100. The molecule has 0 fully saturated rings. The van der Waals surface area contributed by atoms with E-state index in [1.165, 1.54) is 24.3 Å². The van der Waals surface area contributed by atoms with Crippen molar-refractivity contribution in [2.24, 2.45) is 5.14 Å². The molecule has 0 saturated carbocycles. The number of anilines is 1. The van der Waals surface area contributed by atoms with E-state index in [0.717, 1.165) is 24.3 Å². The van der Waals surface area contributed by atoms with Gasteiger partial charge in [0, 0.05) is 11.3 Å². The molecule has 8 nitrogen and oxygen atoms in total. The molecule has 0 aliphatic carbocycles. The van der Waals surface area contributed by atoms with Gasteiger partial charge < -0.3 is 5.32 Å². The van der Waals surface area contributed by atoms with E-state index in [1.54, 1.807) is 5.32 Å². The van der Waals surface area contributed by atoms with Crippen molar-refractivity contribution in [2.75, 3.05) is 11.3 Å². The molecule has 2 aromatic carbocycles. The van der Waals surface area contributed by atoms with Crippen LogP contribution in [0.4, 0.5) is 18.9 Å². The SMILES string of the molecule is NS(=O)(=O)c1cccc(S(=O)(=O)Nc2cccc(C(=O)NCC(F)(F)F)c2)c1. The molecule has 0 heterocycles. The molecule has 152 valence electrons. The summed E-state index contributed by atoms with van der Waals surface area (Å²) < 4.78 is 86.2. The highest BCUT2D eigenvalue weighted by molar-refractivity contribution is 7.93. The van der Waals surface area contributed by atoms with Crippen molar-refractivity contribution in [3.8, 4) is 0 Å². The first-order chi connectivity index (χ1) is 12.8. The number of benzene rings is 2. The highest BCUT2D eigenvalue weighted by atomic mass is 32.2. The van der Waals surface area contributed by atoms with Gasteiger partial charge in [0.05, 0.1) is 9.79 Å². The van der Waals surface area contributed by atoms with E-state index in [0.29, 0.717) is 0 Å². The molecule has 0 bridgehead atoms. The topological polar surface area (TPSA) is 135 Å². The first-order valence-corrected chi connectivity index (χ1v) is 10.4. The predicted molar refractivity (Wildman–Crippen MR) is 93.5 cm³/mol. The number of primary sulfonamides is 1. The van der Waals surface area contributed by atoms with Crippen molar-refractivity contribution in [2.45, 2.75) is 16.0 Å². The number of hydrogen-bond donors (Lipinski definition) is 3. The highest BCUT2D eigenvalue weighted by Gasteiger charge is 2.28. The molecule has 0 saturated heterocycles. The van der Waals surface area contributed by atoms with Crippen LogP contribution in [0.25, 0.3) is 0 Å². The number of carbonyl (C=O) groups excluding carboxylic acids is 1. The Hall–Kier alpha value is -2.64. The third kappa shape index (κ3) is 5.94. The van der Waals surface area contributed by atoms with Gasteiger partial charge >= 0.3 is 6.18 Å². The van der Waals surface area contributed by atoms with Crippen molar-refractivity contribution < 1.29 is 34.8 Å². The molecule has 0 atom stereocenters. The van der Waals surface area contributed by atoms with E-state index in [1.807, 2.05) is 0 Å². The number of hydrogen-bond acceptors (Lipinski definition) is 5. The zero-order valence-corrected chi connectivity index (χ0v) is 15.5. The highest BCUT2D eigenvalue weighted by Crippen LogP contribution is 2.20. The minimum Gasteiger partial charge on any atom is -0.343 e. The maximum atomic E-state index is 12.4. The van der Waals surface area contributed by atoms with E-state index in [-0.39, 0.29) is 11.3 Å². The Kier molecular flexibility index (Phi) is 6.01. The van der Waals surface area contributed by atoms with Gasteiger partial charge in [-0.1, -0.05) is 12.1 Å². The smallest absolute Gasteiger partial charge is 0.343 e. The van der Waals surface area contributed by atoms with Gasteiger partial charge in [0.1, 0.15) is 6.54 Å². The molecule has 2 aromatic rings. The Morgan fingerprint density at radius 2 is 1.57 bits per heavy atom. The zero-order valence-electron chi connectivity index (χ0n) is 13.9. The summed E-state index contributed by atoms with van der Waals surface area (Å²) >= 11 is 0. The molecule has 2 rings (SSSR count). The molecule has 4 N–H and O–H groups in total. The number of nitrogens with one attached hydrogen (secondary N) is 2. The van der Waals surface area contributed by atoms with Gasteiger partial charge in [-0.25, -0.2) is 22.0 Å². The second-order valence-electron chi connectivity index (χ2n) is 5.50. The fourth-order valence-electron chi connectivity index (χ4n) is 2.04. The normalized spacial score (nSPS) is 12.4. The third-order valence-electron chi connectivity index (χ3n) is 3.27. The van der Waals surface area contributed by atoms with Crippen molar-refractivity contribution in [3.63, 3.8) is 0 Å². The van der Waals surface area contributed by atoms with E-state index in [9.17, 15) is 34.8 Å². The fourth-order valence-corrected chi connectivity index (χ4v) is 3.77. The quantitative estimate of drug-likeness (QED) is 0.628. The number of carbonyl (C=O) groups is 1. The number of rotatable bonds is 6. The van der Waals surface area contributed by atoms with Crippen LogP contribution in [0.2, 0.25) is 0 Å². The van der Waals surface area contributed by atoms with Crippen molar-refractivity contribution in [3.05, 3.63) is 54.1 Å². The second-order valence-corrected chi connectivity index (χ2v) is 8.75. The van der Waals surface area contributed by atoms with Gasteiger partial charge in [-0.2, -0.15) is 13.2 Å². The summed E-state index contributed by atoms with van der Waals surface area (Å²) in [5.74, 6) is -1.05. The fraction of sp³-hybridized carbons (Fsp3) is 0.133. The van der Waals surface area contributed by atoms with Crippen molar-refractivity contribution >= 4 is 31.6 Å². The summed E-state index contributed by atoms with van der Waals surface area (Å²) in [5, 5.41) is 6.63. The second kappa shape index (κ2) is 7.77. The summed E-state index contributed by atoms with van der Waals surface area (Å²) in [4.78, 5) is 10.9. The number of alkyl halides is 3. The van der Waals surface area contributed by atoms with Gasteiger partial charge in [-0.05, 0) is 36.4 Å². The Balaban J connectivity index is 2.25. The lowest BCUT2D eigenvalue weighted by Gasteiger charge is -2.11. The van der Waals surface area contributed by atoms with E-state index < -0.39 is 48.5 Å². The summed E-state index contributed by atoms with van der Waals surface area (Å²) in [7, 11) is -8.39. The summed E-state index contributed by atoms with van der Waals surface area (Å²) in [6, 6.07) is 9.02. The maximum absolute atomic E-state index is 12.4. The van der Waals surface area contributed by atoms with Crippen LogP contribution in [0.5, 0.6) is 0 Å². The summed E-state index contributed by atoms with van der Waals surface area (Å²) in [6.07, 6.45) is -4.59. The molecule has 0 aliphatic heterocycles. The lowest BCUT2D eigenvalue weighted by atomic mass is 10.2. The van der Waals surface area contributed by atoms with Crippen LogP contribution in [-0.4, -0.2) is 35.5 Å². The Morgan fingerprint density at radius 3 is 2.18 bits per heavy atom. The van der Waals surface area contributed by atoms with Gasteiger partial charge in [0.15, 0.2) is 0 Å². The molecule has 28 heavy (non-hydrogen) atoms. The molecule has 0 radical (unpaired) electrons. The van der Waals surface area contributed by atoms with Crippen molar-refractivity contribution in [1.82, 2.24) is 5.32 Å². The van der Waals surface area contributed by atoms with Crippen LogP contribution in [-0.2, 0) is 20.0 Å². The van der Waals surface area contributed by atoms with Gasteiger partial charge in [-0.15, -0.1) is 0 Å². The summed E-state index contributed by atoms with van der Waals surface area (Å²) in [5.41, 5.74) is -0.316. The van der Waals surface area contributed by atoms with Crippen LogP contribution in [0, 0.1) is 0 Å². The predicted octanol–water partition coefficient (Wildman–Crippen LogP) is 1.43. The van der Waals surface area contributed by atoms with Gasteiger partial charge in [0.25, 0.3) is 15.9 Å². The molecular formula is C15H14F3N3O5S2. The van der Waals surface area contributed by atoms with E-state index in [2.05, 4.69) is 4.72 Å². The Labute approximate surface area is 158 Å². The molecule has 0 aliphatic rings. The van der Waals surface area contributed by atoms with Crippen LogP contribution in [0.1, 0.15) is 10.4 Å². The molecule has 13 heteroatoms. The standard InChI is InChI=1S/C15H14F3N3O5S2/c16-15(17,18)9-20-14(22)10-3-1-4-11(7-10)21-28(25,26)13-6-2-5-12(8-13)27(19,23)24/h1-8,21H,9H2,(H,20,22)(H2,19,23,24). The average molecular weight is 437 g/mol. The number of halogens is 3. The van der Waals surface area contributed by atoms with Crippen molar-refractivity contribution in [1.29, 1.82) is 0 Å². The zero-order chi connectivity index (χ0) is 21.2. The first-order valence-electron chi connectivity index (χ1n) is 7.39. The number of sulfonamides is 2. The number of amides is 1. The largest absolute Gasteiger partial charge is 0.405 e. The molecular weight excluding hydrogens is 423 g/mol. The van der Waals surface area contributed by atoms with Gasteiger partial charge in [0.2, 0.25) is 10.0 Å². The van der Waals surface area contributed by atoms with Gasteiger partial charge in [-0.3, -0.25) is 9.52 Å². The minimum absolute atomic E-state index is 0.110. The minimum atomic E-state index is -4.59. The summed E-state index contributed by atoms with van der Waals surface area (Å²) in [6.45, 7) is -1.54. The van der Waals surface area contributed by atoms with E-state index in [4.69, 9.17) is 5.14 Å². The van der Waals surface area contributed by atoms with Crippen LogP contribution in [0.3, 0.4) is 0 Å². The van der Waals surface area contributed by atoms with Crippen LogP contribution in [0.15, 0.2) is 58.3 Å². The molecule has 0 aromatic heterocycles. The first kappa shape index (κ1) is 21.7. The average Bonchev–Trinajstić information content (AvgIpc) is 2.58. The molecule has 1 amide bonds. The lowest BCUT2D eigenvalue weighted by Crippen LogP contribution is -2.33. The van der Waals surface area contributed by atoms with Crippen LogP contribution >= 0.6 is 0 Å². The van der Waals surface area contributed by atoms with Crippen LogP contribution < -0.4 is 15.2 Å².